The van der Waals surface area contributed by atoms with E-state index in [4.69, 9.17) is 14.7 Å². The Kier molecular flexibility index (Phi) is 2.37. The molecule has 3 rings (SSSR count). The molecule has 5 heteroatoms. The Morgan fingerprint density at radius 2 is 2.06 bits per heavy atom. The molecule has 18 heavy (non-hydrogen) atoms. The van der Waals surface area contributed by atoms with E-state index in [0.29, 0.717) is 23.2 Å². The van der Waals surface area contributed by atoms with Crippen molar-refractivity contribution in [1.29, 1.82) is 0 Å². The second kappa shape index (κ2) is 4.03. The highest BCUT2D eigenvalue weighted by Gasteiger charge is 2.16. The Balaban J connectivity index is 2.09. The first-order chi connectivity index (χ1) is 8.75. The fourth-order valence-electron chi connectivity index (χ4n) is 1.81. The minimum absolute atomic E-state index is 0.400. The Labute approximate surface area is 103 Å². The zero-order valence-corrected chi connectivity index (χ0v) is 9.75. The van der Waals surface area contributed by atoms with E-state index in [1.165, 1.54) is 0 Å². The Morgan fingerprint density at radius 3 is 2.78 bits per heavy atom. The van der Waals surface area contributed by atoms with Crippen LogP contribution < -0.4 is 5.73 Å². The molecule has 1 aromatic carbocycles. The molecule has 0 unspecified atom stereocenters. The van der Waals surface area contributed by atoms with Crippen LogP contribution in [0, 0.1) is 6.92 Å². The number of nitrogen functional groups attached to an aromatic ring is 1. The summed E-state index contributed by atoms with van der Waals surface area (Å²) in [5.74, 6) is 1.38. The van der Waals surface area contributed by atoms with Gasteiger partial charge in [-0.2, -0.15) is 4.98 Å². The predicted molar refractivity (Wildman–Crippen MR) is 66.6 cm³/mol. The van der Waals surface area contributed by atoms with Gasteiger partial charge in [0.1, 0.15) is 0 Å². The third-order valence-corrected chi connectivity index (χ3v) is 2.69. The molecule has 2 N–H and O–H groups in total. The van der Waals surface area contributed by atoms with Gasteiger partial charge in [-0.3, -0.25) is 0 Å². The van der Waals surface area contributed by atoms with Gasteiger partial charge in [0.05, 0.1) is 11.8 Å². The highest BCUT2D eigenvalue weighted by Crippen LogP contribution is 2.29. The minimum Gasteiger partial charge on any atom is -0.461 e. The lowest BCUT2D eigenvalue weighted by Gasteiger charge is -2.03. The van der Waals surface area contributed by atoms with Crippen LogP contribution in [-0.2, 0) is 0 Å². The monoisotopic (exact) mass is 241 g/mol. The molecule has 0 bridgehead atoms. The average Bonchev–Trinajstić information content (AvgIpc) is 2.99. The smallest absolute Gasteiger partial charge is 0.260 e. The predicted octanol–water partition coefficient (Wildman–Crippen LogP) is 2.89. The van der Waals surface area contributed by atoms with Crippen molar-refractivity contribution in [1.82, 2.24) is 10.1 Å². The van der Waals surface area contributed by atoms with Crippen molar-refractivity contribution < 1.29 is 8.94 Å². The fraction of sp³-hybridized carbons (Fsp3) is 0.0769. The highest BCUT2D eigenvalue weighted by molar-refractivity contribution is 5.74. The fourth-order valence-corrected chi connectivity index (χ4v) is 1.81. The van der Waals surface area contributed by atoms with Crippen molar-refractivity contribution in [3.63, 3.8) is 0 Å². The van der Waals surface area contributed by atoms with E-state index in [0.717, 1.165) is 11.1 Å². The highest BCUT2D eigenvalue weighted by atomic mass is 16.5. The van der Waals surface area contributed by atoms with Crippen LogP contribution in [0.25, 0.3) is 23.0 Å². The summed E-state index contributed by atoms with van der Waals surface area (Å²) in [6.45, 7) is 1.95. The largest absolute Gasteiger partial charge is 0.461 e. The summed E-state index contributed by atoms with van der Waals surface area (Å²) in [6, 6.07) is 9.18. The quantitative estimate of drug-likeness (QED) is 0.698. The molecule has 0 spiro atoms. The number of rotatable bonds is 2. The number of benzene rings is 1. The number of anilines is 1. The van der Waals surface area contributed by atoms with Crippen molar-refractivity contribution in [3.8, 4) is 23.0 Å². The molecule has 0 fully saturated rings. The van der Waals surface area contributed by atoms with Crippen LogP contribution in [0.1, 0.15) is 5.56 Å². The van der Waals surface area contributed by atoms with Gasteiger partial charge in [0, 0.05) is 5.69 Å². The molecule has 2 heterocycles. The number of nitrogens with two attached hydrogens (primary N) is 1. The van der Waals surface area contributed by atoms with E-state index in [-0.39, 0.29) is 0 Å². The first-order valence-electron chi connectivity index (χ1n) is 5.49. The number of aryl methyl sites for hydroxylation is 1. The molecule has 0 amide bonds. The lowest BCUT2D eigenvalue weighted by atomic mass is 10.1. The third kappa shape index (κ3) is 1.66. The zero-order valence-electron chi connectivity index (χ0n) is 9.75. The summed E-state index contributed by atoms with van der Waals surface area (Å²) >= 11 is 0. The van der Waals surface area contributed by atoms with Crippen molar-refractivity contribution in [3.05, 3.63) is 42.2 Å². The van der Waals surface area contributed by atoms with Crippen LogP contribution in [0.4, 0.5) is 5.69 Å². The SMILES string of the molecule is Cc1cccc(N)c1-c1nc(-c2ccco2)no1. The lowest BCUT2D eigenvalue weighted by Crippen LogP contribution is -1.92. The average molecular weight is 241 g/mol. The van der Waals surface area contributed by atoms with Crippen molar-refractivity contribution >= 4 is 5.69 Å². The summed E-state index contributed by atoms with van der Waals surface area (Å²) in [5, 5.41) is 3.88. The van der Waals surface area contributed by atoms with Crippen LogP contribution in [0.3, 0.4) is 0 Å². The molecule has 0 atom stereocenters. The van der Waals surface area contributed by atoms with Gasteiger partial charge in [-0.05, 0) is 30.7 Å². The van der Waals surface area contributed by atoms with E-state index < -0.39 is 0 Å². The Hall–Kier alpha value is -2.56. The molecule has 0 aliphatic carbocycles. The van der Waals surface area contributed by atoms with E-state index in [2.05, 4.69) is 10.1 Å². The van der Waals surface area contributed by atoms with Crippen molar-refractivity contribution in [2.45, 2.75) is 6.92 Å². The van der Waals surface area contributed by atoms with Gasteiger partial charge in [-0.1, -0.05) is 17.3 Å². The molecule has 0 aliphatic heterocycles. The molecule has 3 aromatic rings. The molecule has 0 saturated heterocycles. The first kappa shape index (κ1) is 10.6. The van der Waals surface area contributed by atoms with E-state index in [9.17, 15) is 0 Å². The summed E-state index contributed by atoms with van der Waals surface area (Å²) < 4.78 is 10.4. The maximum atomic E-state index is 5.93. The second-order valence-corrected chi connectivity index (χ2v) is 3.94. The Morgan fingerprint density at radius 1 is 1.17 bits per heavy atom. The van der Waals surface area contributed by atoms with Gasteiger partial charge < -0.3 is 14.7 Å². The number of furan rings is 1. The van der Waals surface area contributed by atoms with Gasteiger partial charge in [0.25, 0.3) is 5.89 Å². The van der Waals surface area contributed by atoms with Gasteiger partial charge >= 0.3 is 0 Å². The van der Waals surface area contributed by atoms with Gasteiger partial charge in [0.15, 0.2) is 5.76 Å². The van der Waals surface area contributed by atoms with E-state index in [1.807, 2.05) is 19.1 Å². The molecule has 0 aliphatic rings. The van der Waals surface area contributed by atoms with E-state index >= 15 is 0 Å². The van der Waals surface area contributed by atoms with Crippen molar-refractivity contribution in [2.75, 3.05) is 5.73 Å². The van der Waals surface area contributed by atoms with Crippen LogP contribution in [0.5, 0.6) is 0 Å². The zero-order chi connectivity index (χ0) is 12.5. The maximum Gasteiger partial charge on any atom is 0.260 e. The standard InChI is InChI=1S/C13H11N3O2/c1-8-4-2-5-9(14)11(8)13-15-12(16-18-13)10-6-3-7-17-10/h2-7H,14H2,1H3. The summed E-state index contributed by atoms with van der Waals surface area (Å²) in [6.07, 6.45) is 1.56. The van der Waals surface area contributed by atoms with Gasteiger partial charge in [-0.15, -0.1) is 0 Å². The minimum atomic E-state index is 0.400. The molecule has 90 valence electrons. The maximum absolute atomic E-state index is 5.93. The van der Waals surface area contributed by atoms with Gasteiger partial charge in [-0.25, -0.2) is 0 Å². The molecule has 5 nitrogen and oxygen atoms in total. The molecule has 2 aromatic heterocycles. The first-order valence-corrected chi connectivity index (χ1v) is 5.49. The Bertz CT molecular complexity index is 651. The molecule has 0 saturated carbocycles. The number of nitrogens with zero attached hydrogens (tertiary/aromatic N) is 2. The number of aromatic nitrogens is 2. The third-order valence-electron chi connectivity index (χ3n) is 2.69. The second-order valence-electron chi connectivity index (χ2n) is 3.94. The molecule has 0 radical (unpaired) electrons. The molecular weight excluding hydrogens is 230 g/mol. The van der Waals surface area contributed by atoms with Crippen LogP contribution in [-0.4, -0.2) is 10.1 Å². The van der Waals surface area contributed by atoms with Crippen molar-refractivity contribution in [2.24, 2.45) is 0 Å². The van der Waals surface area contributed by atoms with Crippen LogP contribution in [0.15, 0.2) is 45.5 Å². The summed E-state index contributed by atoms with van der Waals surface area (Å²) in [7, 11) is 0. The summed E-state index contributed by atoms with van der Waals surface area (Å²) in [5.41, 5.74) is 8.30. The normalized spacial score (nSPS) is 10.7. The summed E-state index contributed by atoms with van der Waals surface area (Å²) in [4.78, 5) is 4.29. The van der Waals surface area contributed by atoms with Crippen LogP contribution in [0.2, 0.25) is 0 Å². The van der Waals surface area contributed by atoms with Crippen LogP contribution >= 0.6 is 0 Å². The van der Waals surface area contributed by atoms with Gasteiger partial charge in [0.2, 0.25) is 5.82 Å². The topological polar surface area (TPSA) is 78.1 Å². The van der Waals surface area contributed by atoms with E-state index in [1.54, 1.807) is 24.5 Å². The number of hydrogen-bond donors (Lipinski definition) is 1. The lowest BCUT2D eigenvalue weighted by molar-refractivity contribution is 0.429. The number of hydrogen-bond acceptors (Lipinski definition) is 5. The molecular formula is C13H11N3O2.